The number of anilines is 1. The van der Waals surface area contributed by atoms with Crippen molar-refractivity contribution in [2.24, 2.45) is 0 Å². The molecule has 0 N–H and O–H groups in total. The quantitative estimate of drug-likeness (QED) is 0.828. The smallest absolute Gasteiger partial charge is 0.143 e. The van der Waals surface area contributed by atoms with E-state index in [4.69, 9.17) is 4.74 Å². The molecule has 1 heterocycles. The van der Waals surface area contributed by atoms with Crippen LogP contribution in [0.2, 0.25) is 0 Å². The molecule has 3 nitrogen and oxygen atoms in total. The highest BCUT2D eigenvalue weighted by Gasteiger charge is 2.19. The molecule has 0 bridgehead atoms. The van der Waals surface area contributed by atoms with E-state index in [1.54, 1.807) is 7.11 Å². The van der Waals surface area contributed by atoms with Crippen LogP contribution in [-0.4, -0.2) is 45.2 Å². The van der Waals surface area contributed by atoms with E-state index in [9.17, 15) is 0 Å². The number of hydrogen-bond acceptors (Lipinski definition) is 3. The summed E-state index contributed by atoms with van der Waals surface area (Å²) in [5, 5.41) is 0. The molecule has 1 aromatic carbocycles. The number of nitrogens with zero attached hydrogens (tertiary/aromatic N) is 2. The Balaban J connectivity index is 2.25. The summed E-state index contributed by atoms with van der Waals surface area (Å²) in [7, 11) is 3.88. The number of piperazine rings is 1. The van der Waals surface area contributed by atoms with Gasteiger partial charge in [0.2, 0.25) is 0 Å². The van der Waals surface area contributed by atoms with Crippen LogP contribution in [0.25, 0.3) is 0 Å². The zero-order valence-electron chi connectivity index (χ0n) is 9.74. The van der Waals surface area contributed by atoms with Crippen molar-refractivity contribution in [3.63, 3.8) is 0 Å². The van der Waals surface area contributed by atoms with Crippen molar-refractivity contribution in [1.29, 1.82) is 0 Å². The van der Waals surface area contributed by atoms with Crippen LogP contribution in [0, 0.1) is 0 Å². The van der Waals surface area contributed by atoms with Crippen molar-refractivity contribution in [2.75, 3.05) is 45.2 Å². The summed E-state index contributed by atoms with van der Waals surface area (Å²) < 4.78 is 6.53. The zero-order valence-corrected chi connectivity index (χ0v) is 11.3. The van der Waals surface area contributed by atoms with Crippen LogP contribution in [-0.2, 0) is 0 Å². The van der Waals surface area contributed by atoms with Crippen LogP contribution in [0.1, 0.15) is 0 Å². The molecule has 0 radical (unpaired) electrons. The Morgan fingerprint density at radius 1 is 1.19 bits per heavy atom. The van der Waals surface area contributed by atoms with Crippen LogP contribution in [0.5, 0.6) is 5.75 Å². The van der Waals surface area contributed by atoms with Gasteiger partial charge in [-0.15, -0.1) is 0 Å². The molecule has 0 spiro atoms. The van der Waals surface area contributed by atoms with Gasteiger partial charge in [-0.05, 0) is 35.1 Å². The van der Waals surface area contributed by atoms with Crippen molar-refractivity contribution in [2.45, 2.75) is 0 Å². The maximum Gasteiger partial charge on any atom is 0.143 e. The number of rotatable bonds is 2. The second kappa shape index (κ2) is 5.06. The molecular weight excluding hydrogens is 268 g/mol. The molecular formula is C12H17BrN2O. The van der Waals surface area contributed by atoms with Gasteiger partial charge in [0.15, 0.2) is 0 Å². The summed E-state index contributed by atoms with van der Waals surface area (Å²) in [5.74, 6) is 0.943. The Hall–Kier alpha value is -0.740. The number of para-hydroxylation sites is 1. The van der Waals surface area contributed by atoms with Crippen LogP contribution in [0.15, 0.2) is 22.7 Å². The van der Waals surface area contributed by atoms with Crippen molar-refractivity contribution in [1.82, 2.24) is 4.90 Å². The van der Waals surface area contributed by atoms with E-state index in [1.807, 2.05) is 12.1 Å². The van der Waals surface area contributed by atoms with E-state index in [0.717, 1.165) is 36.4 Å². The molecule has 16 heavy (non-hydrogen) atoms. The molecule has 0 aromatic heterocycles. The Morgan fingerprint density at radius 2 is 1.88 bits per heavy atom. The summed E-state index contributed by atoms with van der Waals surface area (Å²) in [6, 6.07) is 6.08. The maximum atomic E-state index is 5.42. The number of benzene rings is 1. The Bertz CT molecular complexity index is 362. The largest absolute Gasteiger partial charge is 0.495 e. The SMILES string of the molecule is COc1cccc(Br)c1N1CCN(C)CC1. The fraction of sp³-hybridized carbons (Fsp3) is 0.500. The highest BCUT2D eigenvalue weighted by Crippen LogP contribution is 2.36. The molecule has 0 saturated carbocycles. The standard InChI is InChI=1S/C12H17BrN2O/c1-14-6-8-15(9-7-14)12-10(13)4-3-5-11(12)16-2/h3-5H,6-9H2,1-2H3. The van der Waals surface area contributed by atoms with Gasteiger partial charge in [0.05, 0.1) is 12.8 Å². The van der Waals surface area contributed by atoms with Crippen molar-refractivity contribution < 1.29 is 4.74 Å². The molecule has 88 valence electrons. The Labute approximate surface area is 105 Å². The lowest BCUT2D eigenvalue weighted by molar-refractivity contribution is 0.311. The van der Waals surface area contributed by atoms with Gasteiger partial charge < -0.3 is 14.5 Å². The maximum absolute atomic E-state index is 5.42. The molecule has 1 saturated heterocycles. The minimum Gasteiger partial charge on any atom is -0.495 e. The number of hydrogen-bond donors (Lipinski definition) is 0. The third-order valence-electron chi connectivity index (χ3n) is 2.99. The first-order chi connectivity index (χ1) is 7.72. The molecule has 1 fully saturated rings. The van der Waals surface area contributed by atoms with E-state index in [1.165, 1.54) is 5.69 Å². The molecule has 0 unspecified atom stereocenters. The highest BCUT2D eigenvalue weighted by atomic mass is 79.9. The van der Waals surface area contributed by atoms with Gasteiger partial charge in [-0.2, -0.15) is 0 Å². The average molecular weight is 285 g/mol. The summed E-state index contributed by atoms with van der Waals surface area (Å²) in [5.41, 5.74) is 1.18. The number of halogens is 1. The third kappa shape index (κ3) is 2.33. The van der Waals surface area contributed by atoms with Crippen LogP contribution in [0.4, 0.5) is 5.69 Å². The van der Waals surface area contributed by atoms with Gasteiger partial charge in [0.1, 0.15) is 5.75 Å². The predicted octanol–water partition coefficient (Wildman–Crippen LogP) is 2.21. The van der Waals surface area contributed by atoms with Crippen LogP contribution in [0.3, 0.4) is 0 Å². The minimum absolute atomic E-state index is 0.943. The first kappa shape index (κ1) is 11.7. The van der Waals surface area contributed by atoms with Crippen LogP contribution < -0.4 is 9.64 Å². The van der Waals surface area contributed by atoms with Crippen molar-refractivity contribution in [3.05, 3.63) is 22.7 Å². The van der Waals surface area contributed by atoms with E-state index >= 15 is 0 Å². The van der Waals surface area contributed by atoms with Crippen molar-refractivity contribution in [3.8, 4) is 5.75 Å². The van der Waals surface area contributed by atoms with Gasteiger partial charge in [0, 0.05) is 30.7 Å². The predicted molar refractivity (Wildman–Crippen MR) is 70.4 cm³/mol. The molecule has 1 aromatic rings. The average Bonchev–Trinajstić information content (AvgIpc) is 2.30. The van der Waals surface area contributed by atoms with E-state index in [2.05, 4.69) is 38.8 Å². The van der Waals surface area contributed by atoms with Gasteiger partial charge >= 0.3 is 0 Å². The van der Waals surface area contributed by atoms with Gasteiger partial charge in [-0.1, -0.05) is 6.07 Å². The zero-order chi connectivity index (χ0) is 11.5. The van der Waals surface area contributed by atoms with E-state index < -0.39 is 0 Å². The normalized spacial score (nSPS) is 17.6. The minimum atomic E-state index is 0.943. The van der Waals surface area contributed by atoms with Crippen molar-refractivity contribution >= 4 is 21.6 Å². The molecule has 1 aliphatic heterocycles. The summed E-state index contributed by atoms with van der Waals surface area (Å²) in [6.45, 7) is 4.31. The topological polar surface area (TPSA) is 15.7 Å². The molecule has 4 heteroatoms. The second-order valence-corrected chi connectivity index (χ2v) is 4.94. The van der Waals surface area contributed by atoms with Gasteiger partial charge in [0.25, 0.3) is 0 Å². The molecule has 0 amide bonds. The fourth-order valence-electron chi connectivity index (χ4n) is 2.00. The number of ether oxygens (including phenoxy) is 1. The summed E-state index contributed by atoms with van der Waals surface area (Å²) >= 11 is 3.60. The monoisotopic (exact) mass is 284 g/mol. The Kier molecular flexibility index (Phi) is 3.71. The lowest BCUT2D eigenvalue weighted by atomic mass is 10.2. The van der Waals surface area contributed by atoms with Crippen LogP contribution >= 0.6 is 15.9 Å². The number of likely N-dealkylation sites (N-methyl/N-ethyl adjacent to an activating group) is 1. The van der Waals surface area contributed by atoms with E-state index in [-0.39, 0.29) is 0 Å². The highest BCUT2D eigenvalue weighted by molar-refractivity contribution is 9.10. The Morgan fingerprint density at radius 3 is 2.50 bits per heavy atom. The second-order valence-electron chi connectivity index (χ2n) is 4.08. The lowest BCUT2D eigenvalue weighted by Gasteiger charge is -2.35. The third-order valence-corrected chi connectivity index (χ3v) is 3.63. The fourth-order valence-corrected chi connectivity index (χ4v) is 2.60. The first-order valence-electron chi connectivity index (χ1n) is 5.48. The number of methoxy groups -OCH3 is 1. The van der Waals surface area contributed by atoms with E-state index in [0.29, 0.717) is 0 Å². The van der Waals surface area contributed by atoms with Gasteiger partial charge in [-0.3, -0.25) is 0 Å². The summed E-state index contributed by atoms with van der Waals surface area (Å²) in [6.07, 6.45) is 0. The molecule has 1 aliphatic rings. The molecule has 2 rings (SSSR count). The summed E-state index contributed by atoms with van der Waals surface area (Å²) in [4.78, 5) is 4.72. The first-order valence-corrected chi connectivity index (χ1v) is 6.27. The molecule has 0 atom stereocenters. The molecule has 0 aliphatic carbocycles. The van der Waals surface area contributed by atoms with Gasteiger partial charge in [-0.25, -0.2) is 0 Å². The lowest BCUT2D eigenvalue weighted by Crippen LogP contribution is -2.44.